The van der Waals surface area contributed by atoms with Gasteiger partial charge in [-0.3, -0.25) is 19.3 Å². The summed E-state index contributed by atoms with van der Waals surface area (Å²) in [5.41, 5.74) is 1.07. The maximum absolute atomic E-state index is 12.8. The van der Waals surface area contributed by atoms with Crippen molar-refractivity contribution in [2.45, 2.75) is 25.4 Å². The summed E-state index contributed by atoms with van der Waals surface area (Å²) in [5, 5.41) is 7.53. The molecule has 1 saturated heterocycles. The van der Waals surface area contributed by atoms with Crippen molar-refractivity contribution < 1.29 is 4.79 Å². The Balaban J connectivity index is 1.62. The van der Waals surface area contributed by atoms with Gasteiger partial charge < -0.3 is 10.2 Å². The highest BCUT2D eigenvalue weighted by molar-refractivity contribution is 6.01. The third kappa shape index (κ3) is 2.55. The number of amides is 1. The van der Waals surface area contributed by atoms with Crippen LogP contribution in [-0.4, -0.2) is 37.7 Å². The first-order valence-corrected chi connectivity index (χ1v) is 8.11. The van der Waals surface area contributed by atoms with Gasteiger partial charge >= 0.3 is 0 Å². The molecule has 4 rings (SSSR count). The molecule has 3 heterocycles. The lowest BCUT2D eigenvalue weighted by molar-refractivity contribution is -0.117. The molecule has 0 bridgehead atoms. The first-order valence-electron chi connectivity index (χ1n) is 8.11. The van der Waals surface area contributed by atoms with E-state index in [0.717, 1.165) is 5.69 Å². The Labute approximate surface area is 143 Å². The lowest BCUT2D eigenvalue weighted by atomic mass is 10.2. The molecule has 2 aromatic heterocycles. The fourth-order valence-electron chi connectivity index (χ4n) is 3.29. The van der Waals surface area contributed by atoms with Gasteiger partial charge in [0.15, 0.2) is 5.65 Å². The normalized spacial score (nSPS) is 20.4. The Morgan fingerprint density at radius 1 is 1.24 bits per heavy atom. The van der Waals surface area contributed by atoms with E-state index in [1.54, 1.807) is 11.9 Å². The van der Waals surface area contributed by atoms with Crippen LogP contribution in [0.3, 0.4) is 0 Å². The van der Waals surface area contributed by atoms with Crippen molar-refractivity contribution in [3.63, 3.8) is 0 Å². The van der Waals surface area contributed by atoms with Crippen LogP contribution in [-0.2, 0) is 11.8 Å². The van der Waals surface area contributed by atoms with Gasteiger partial charge in [0.05, 0.1) is 6.20 Å². The molecular weight excluding hydrogens is 320 g/mol. The van der Waals surface area contributed by atoms with Gasteiger partial charge in [-0.25, -0.2) is 0 Å². The van der Waals surface area contributed by atoms with Crippen LogP contribution in [0.4, 0.5) is 11.6 Å². The first-order chi connectivity index (χ1) is 12.0. The van der Waals surface area contributed by atoms with Crippen molar-refractivity contribution in [2.24, 2.45) is 7.05 Å². The highest BCUT2D eigenvalue weighted by Gasteiger charge is 2.38. The second kappa shape index (κ2) is 5.73. The Morgan fingerprint density at radius 2 is 2.00 bits per heavy atom. The fraction of sp³-hybridized carbons (Fsp3) is 0.294. The van der Waals surface area contributed by atoms with Crippen molar-refractivity contribution >= 4 is 28.6 Å². The molecule has 1 aliphatic rings. The molecule has 2 N–H and O–H groups in total. The number of carbonyl (C=O) groups is 1. The largest absolute Gasteiger partial charge is 0.344 e. The SMILES string of the molecule is C[C@H]1C[C@H](Nc2nc3c(cnn3C)c(=O)[nH]2)C(=O)N1c1ccccc1. The molecule has 2 atom stereocenters. The third-order valence-electron chi connectivity index (χ3n) is 4.50. The highest BCUT2D eigenvalue weighted by atomic mass is 16.2. The average Bonchev–Trinajstić information content (AvgIpc) is 3.09. The summed E-state index contributed by atoms with van der Waals surface area (Å²) in [6.07, 6.45) is 2.10. The molecule has 25 heavy (non-hydrogen) atoms. The molecule has 1 fully saturated rings. The van der Waals surface area contributed by atoms with Gasteiger partial charge in [-0.15, -0.1) is 0 Å². The fourth-order valence-corrected chi connectivity index (χ4v) is 3.29. The predicted molar refractivity (Wildman–Crippen MR) is 94.5 cm³/mol. The summed E-state index contributed by atoms with van der Waals surface area (Å²) in [5.74, 6) is 0.244. The van der Waals surface area contributed by atoms with Crippen molar-refractivity contribution in [3.8, 4) is 0 Å². The van der Waals surface area contributed by atoms with Gasteiger partial charge in [-0.05, 0) is 25.5 Å². The number of carbonyl (C=O) groups excluding carboxylic acids is 1. The van der Waals surface area contributed by atoms with Gasteiger partial charge in [-0.2, -0.15) is 10.1 Å². The number of aromatic amines is 1. The number of aryl methyl sites for hydroxylation is 1. The summed E-state index contributed by atoms with van der Waals surface area (Å²) < 4.78 is 1.53. The van der Waals surface area contributed by atoms with E-state index in [-0.39, 0.29) is 23.5 Å². The maximum Gasteiger partial charge on any atom is 0.263 e. The average molecular weight is 338 g/mol. The van der Waals surface area contributed by atoms with E-state index in [4.69, 9.17) is 0 Å². The molecule has 8 nitrogen and oxygen atoms in total. The van der Waals surface area contributed by atoms with E-state index in [1.807, 2.05) is 37.3 Å². The standard InChI is InChI=1S/C17H18N6O2/c1-10-8-13(16(25)23(10)11-6-4-3-5-7-11)19-17-20-14-12(15(24)21-17)9-18-22(14)2/h3-7,9-10,13H,8H2,1-2H3,(H2,19,20,21,24)/t10-,13-/m0/s1. The van der Waals surface area contributed by atoms with Crippen molar-refractivity contribution in [3.05, 3.63) is 46.9 Å². The highest BCUT2D eigenvalue weighted by Crippen LogP contribution is 2.27. The lowest BCUT2D eigenvalue weighted by Gasteiger charge is -2.21. The quantitative estimate of drug-likeness (QED) is 0.749. The van der Waals surface area contributed by atoms with E-state index in [9.17, 15) is 9.59 Å². The van der Waals surface area contributed by atoms with E-state index in [0.29, 0.717) is 17.5 Å². The lowest BCUT2D eigenvalue weighted by Crippen LogP contribution is -2.36. The van der Waals surface area contributed by atoms with E-state index < -0.39 is 6.04 Å². The molecule has 8 heteroatoms. The summed E-state index contributed by atoms with van der Waals surface area (Å²) in [7, 11) is 1.72. The molecular formula is C17H18N6O2. The van der Waals surface area contributed by atoms with Gasteiger partial charge in [0.2, 0.25) is 11.9 Å². The number of H-pyrrole nitrogens is 1. The number of hydrogen-bond donors (Lipinski definition) is 2. The molecule has 0 saturated carbocycles. The van der Waals surface area contributed by atoms with Crippen LogP contribution in [0.5, 0.6) is 0 Å². The number of fused-ring (bicyclic) bond motifs is 1. The minimum Gasteiger partial charge on any atom is -0.344 e. The Morgan fingerprint density at radius 3 is 2.76 bits per heavy atom. The van der Waals surface area contributed by atoms with Crippen LogP contribution in [0.25, 0.3) is 11.0 Å². The van der Waals surface area contributed by atoms with Crippen LogP contribution < -0.4 is 15.8 Å². The number of aromatic nitrogens is 4. The molecule has 0 unspecified atom stereocenters. The number of rotatable bonds is 3. The summed E-state index contributed by atoms with van der Waals surface area (Å²) >= 11 is 0. The second-order valence-corrected chi connectivity index (χ2v) is 6.25. The van der Waals surface area contributed by atoms with Crippen molar-refractivity contribution in [1.29, 1.82) is 0 Å². The smallest absolute Gasteiger partial charge is 0.263 e. The van der Waals surface area contributed by atoms with Crippen LogP contribution in [0.2, 0.25) is 0 Å². The zero-order chi connectivity index (χ0) is 17.6. The van der Waals surface area contributed by atoms with Crippen LogP contribution in [0, 0.1) is 0 Å². The minimum atomic E-state index is -0.441. The predicted octanol–water partition coefficient (Wildman–Crippen LogP) is 1.26. The minimum absolute atomic E-state index is 0.0357. The summed E-state index contributed by atoms with van der Waals surface area (Å²) in [6.45, 7) is 2.01. The number of hydrogen-bond acceptors (Lipinski definition) is 5. The zero-order valence-corrected chi connectivity index (χ0v) is 13.9. The number of nitrogens with zero attached hydrogens (tertiary/aromatic N) is 4. The number of anilines is 2. The van der Waals surface area contributed by atoms with Crippen LogP contribution in [0.15, 0.2) is 41.3 Å². The maximum atomic E-state index is 12.8. The molecule has 0 spiro atoms. The number of para-hydroxylation sites is 1. The van der Waals surface area contributed by atoms with Crippen LogP contribution >= 0.6 is 0 Å². The number of nitrogens with one attached hydrogen (secondary N) is 2. The monoisotopic (exact) mass is 338 g/mol. The molecule has 1 aliphatic heterocycles. The van der Waals surface area contributed by atoms with Gasteiger partial charge in [0, 0.05) is 18.8 Å². The first kappa shape index (κ1) is 15.4. The molecule has 3 aromatic rings. The molecule has 0 aliphatic carbocycles. The topological polar surface area (TPSA) is 95.9 Å². The molecule has 0 radical (unpaired) electrons. The Hall–Kier alpha value is -3.16. The van der Waals surface area contributed by atoms with E-state index >= 15 is 0 Å². The third-order valence-corrected chi connectivity index (χ3v) is 4.50. The van der Waals surface area contributed by atoms with Crippen molar-refractivity contribution in [2.75, 3.05) is 10.2 Å². The second-order valence-electron chi connectivity index (χ2n) is 6.25. The molecule has 1 amide bonds. The van der Waals surface area contributed by atoms with Gasteiger partial charge in [0.25, 0.3) is 5.56 Å². The Bertz CT molecular complexity index is 993. The van der Waals surface area contributed by atoms with E-state index in [2.05, 4.69) is 20.4 Å². The van der Waals surface area contributed by atoms with Crippen molar-refractivity contribution in [1.82, 2.24) is 19.7 Å². The van der Waals surface area contributed by atoms with E-state index in [1.165, 1.54) is 10.9 Å². The summed E-state index contributed by atoms with van der Waals surface area (Å²) in [4.78, 5) is 33.8. The van der Waals surface area contributed by atoms with Crippen LogP contribution in [0.1, 0.15) is 13.3 Å². The molecule has 128 valence electrons. The number of benzene rings is 1. The van der Waals surface area contributed by atoms with Gasteiger partial charge in [-0.1, -0.05) is 18.2 Å². The zero-order valence-electron chi connectivity index (χ0n) is 13.9. The molecule has 1 aromatic carbocycles. The van der Waals surface area contributed by atoms with Gasteiger partial charge in [0.1, 0.15) is 11.4 Å². The summed E-state index contributed by atoms with van der Waals surface area (Å²) in [6, 6.07) is 9.18. The Kier molecular flexibility index (Phi) is 3.52.